The Kier molecular flexibility index (Phi) is 17.5. The van der Waals surface area contributed by atoms with Gasteiger partial charge in [0.1, 0.15) is 0 Å². The van der Waals surface area contributed by atoms with Crippen molar-refractivity contribution >= 4 is 15.8 Å². The van der Waals surface area contributed by atoms with Gasteiger partial charge in [-0.25, -0.2) is 0 Å². The van der Waals surface area contributed by atoms with Crippen molar-refractivity contribution in [3.05, 3.63) is 24.3 Å². The Bertz CT molecular complexity index is 553. The van der Waals surface area contributed by atoms with Crippen LogP contribution < -0.4 is 0 Å². The van der Waals surface area contributed by atoms with E-state index < -0.39 is 0 Å². The van der Waals surface area contributed by atoms with E-state index in [4.69, 9.17) is 0 Å². The smallest absolute Gasteiger partial charge is 0 e. The van der Waals surface area contributed by atoms with Crippen LogP contribution in [0.3, 0.4) is 0 Å². The largest absolute Gasteiger partial charge is 0.0918 e. The molecule has 0 radical (unpaired) electrons. The zero-order valence-electron chi connectivity index (χ0n) is 27.2. The second kappa shape index (κ2) is 17.1. The fourth-order valence-corrected chi connectivity index (χ4v) is 13.4. The fraction of sp³-hybridized carbons (Fsp3) is 0.882. The minimum Gasteiger partial charge on any atom is -0.0918 e. The average molecular weight is 643 g/mol. The molecule has 2 rings (SSSR count). The number of allylic oxidation sites excluding steroid dienone is 4. The van der Waals surface area contributed by atoms with Crippen LogP contribution in [-0.4, -0.2) is 32.9 Å². The normalized spacial score (nSPS) is 19.4. The molecule has 0 amide bonds. The van der Waals surface area contributed by atoms with E-state index in [0.717, 1.165) is 11.8 Å². The molecule has 2 fully saturated rings. The molecule has 0 atom stereocenters. The summed E-state index contributed by atoms with van der Waals surface area (Å²) in [7, 11) is 0.0870. The fourth-order valence-electron chi connectivity index (χ4n) is 6.48. The van der Waals surface area contributed by atoms with Crippen molar-refractivity contribution < 1.29 is 20.4 Å². The van der Waals surface area contributed by atoms with Gasteiger partial charge in [-0.1, -0.05) is 162 Å². The topological polar surface area (TPSA) is 0 Å². The zero-order valence-corrected chi connectivity index (χ0v) is 30.5. The Morgan fingerprint density at radius 3 is 0.919 bits per heavy atom. The van der Waals surface area contributed by atoms with E-state index in [1.165, 1.54) is 76.5 Å². The Morgan fingerprint density at radius 1 is 0.459 bits per heavy atom. The average Bonchev–Trinajstić information content (AvgIpc) is 2.73. The van der Waals surface area contributed by atoms with Gasteiger partial charge in [-0.05, 0) is 70.5 Å². The standard InChI is InChI=1S/2C17H33P.Pd/c2*1-16(2,3)18(17(4,5)6)14-10-13-15-11-8-7-9-12-15;/h2*10,13,15H,7-9,11-12,14H2,1-6H3;. The van der Waals surface area contributed by atoms with Gasteiger partial charge >= 0.3 is 0 Å². The molecule has 222 valence electrons. The van der Waals surface area contributed by atoms with Crippen LogP contribution in [0.5, 0.6) is 0 Å². The Balaban J connectivity index is 0.000000682. The van der Waals surface area contributed by atoms with Gasteiger partial charge in [0.2, 0.25) is 0 Å². The summed E-state index contributed by atoms with van der Waals surface area (Å²) in [5.74, 6) is 1.77. The Hall–Kier alpha value is 1.00. The van der Waals surface area contributed by atoms with Gasteiger partial charge < -0.3 is 0 Å². The molecule has 37 heavy (non-hydrogen) atoms. The summed E-state index contributed by atoms with van der Waals surface area (Å²) in [5, 5.41) is 1.85. The molecule has 2 aliphatic carbocycles. The maximum Gasteiger partial charge on any atom is 0 e. The van der Waals surface area contributed by atoms with E-state index >= 15 is 0 Å². The number of hydrogen-bond donors (Lipinski definition) is 0. The van der Waals surface area contributed by atoms with Crippen molar-refractivity contribution in [3.63, 3.8) is 0 Å². The van der Waals surface area contributed by atoms with Crippen LogP contribution in [0.2, 0.25) is 0 Å². The molecule has 0 heterocycles. The third-order valence-corrected chi connectivity index (χ3v) is 15.6. The van der Waals surface area contributed by atoms with E-state index in [1.54, 1.807) is 0 Å². The van der Waals surface area contributed by atoms with E-state index in [-0.39, 0.29) is 36.3 Å². The van der Waals surface area contributed by atoms with Crippen LogP contribution in [0.25, 0.3) is 0 Å². The van der Waals surface area contributed by atoms with Gasteiger partial charge in [0.25, 0.3) is 0 Å². The van der Waals surface area contributed by atoms with Crippen LogP contribution in [-0.2, 0) is 20.4 Å². The molecular formula is C34H66P2Pd. The van der Waals surface area contributed by atoms with Crippen molar-refractivity contribution in [2.75, 3.05) is 12.3 Å². The van der Waals surface area contributed by atoms with Crippen molar-refractivity contribution in [2.24, 2.45) is 11.8 Å². The van der Waals surface area contributed by atoms with Gasteiger partial charge in [-0.3, -0.25) is 0 Å². The molecule has 0 N–H and O–H groups in total. The van der Waals surface area contributed by atoms with Gasteiger partial charge in [-0.2, -0.15) is 0 Å². The van der Waals surface area contributed by atoms with Crippen LogP contribution in [0.1, 0.15) is 147 Å². The Labute approximate surface area is 251 Å². The van der Waals surface area contributed by atoms with Crippen molar-refractivity contribution in [3.8, 4) is 0 Å². The molecule has 0 aliphatic heterocycles. The summed E-state index contributed by atoms with van der Waals surface area (Å²) in [6.07, 6.45) is 27.1. The molecule has 0 aromatic heterocycles. The monoisotopic (exact) mass is 642 g/mol. The minimum absolute atomic E-state index is 0. The molecule has 3 heteroatoms. The van der Waals surface area contributed by atoms with Crippen LogP contribution in [0.15, 0.2) is 24.3 Å². The van der Waals surface area contributed by atoms with Gasteiger partial charge in [-0.15, -0.1) is 0 Å². The summed E-state index contributed by atoms with van der Waals surface area (Å²) < 4.78 is 0. The second-order valence-electron chi connectivity index (χ2n) is 15.6. The van der Waals surface area contributed by atoms with Crippen LogP contribution in [0, 0.1) is 11.8 Å². The third kappa shape index (κ3) is 16.1. The summed E-state index contributed by atoms with van der Waals surface area (Å²) >= 11 is 0. The van der Waals surface area contributed by atoms with Crippen LogP contribution in [0.4, 0.5) is 0 Å². The van der Waals surface area contributed by atoms with E-state index in [1.807, 2.05) is 0 Å². The minimum atomic E-state index is 0. The molecule has 2 aliphatic rings. The van der Waals surface area contributed by atoms with E-state index in [2.05, 4.69) is 107 Å². The van der Waals surface area contributed by atoms with Crippen LogP contribution >= 0.6 is 15.8 Å². The number of hydrogen-bond acceptors (Lipinski definition) is 0. The van der Waals surface area contributed by atoms with Crippen molar-refractivity contribution in [1.29, 1.82) is 0 Å². The first kappa shape index (κ1) is 38.0. The summed E-state index contributed by atoms with van der Waals surface area (Å²) in [4.78, 5) is 0. The summed E-state index contributed by atoms with van der Waals surface area (Å²) in [6, 6.07) is 0. The molecule has 0 bridgehead atoms. The van der Waals surface area contributed by atoms with E-state index in [9.17, 15) is 0 Å². The van der Waals surface area contributed by atoms with Gasteiger partial charge in [0.15, 0.2) is 0 Å². The quantitative estimate of drug-likeness (QED) is 0.154. The van der Waals surface area contributed by atoms with Gasteiger partial charge in [0, 0.05) is 20.4 Å². The molecule has 0 aromatic rings. The SMILES string of the molecule is CC(C)(C)P(CC=CC1CCCCC1)C(C)(C)C.CC(C)(C)P(CC=CC1CCCCC1)C(C)(C)C.[Pd]. The maximum absolute atomic E-state index is 2.53. The van der Waals surface area contributed by atoms with E-state index in [0.29, 0.717) is 20.6 Å². The summed E-state index contributed by atoms with van der Waals surface area (Å²) in [5.41, 5.74) is 0. The first-order valence-electron chi connectivity index (χ1n) is 15.3. The molecule has 2 saturated carbocycles. The van der Waals surface area contributed by atoms with Gasteiger partial charge in [0.05, 0.1) is 0 Å². The van der Waals surface area contributed by atoms with Crippen molar-refractivity contribution in [2.45, 2.75) is 168 Å². The molecule has 0 saturated heterocycles. The van der Waals surface area contributed by atoms with Crippen molar-refractivity contribution in [1.82, 2.24) is 0 Å². The molecular weight excluding hydrogens is 577 g/mol. The zero-order chi connectivity index (χ0) is 27.6. The predicted molar refractivity (Wildman–Crippen MR) is 174 cm³/mol. The number of rotatable bonds is 6. The first-order valence-corrected chi connectivity index (χ1v) is 18.4. The first-order chi connectivity index (χ1) is 16.4. The molecule has 0 spiro atoms. The Morgan fingerprint density at radius 2 is 0.703 bits per heavy atom. The maximum atomic E-state index is 2.53. The second-order valence-corrected chi connectivity index (χ2v) is 23.4. The predicted octanol–water partition coefficient (Wildman–Crippen LogP) is 12.4. The molecule has 0 unspecified atom stereocenters. The molecule has 0 aromatic carbocycles. The summed E-state index contributed by atoms with van der Waals surface area (Å²) in [6.45, 7) is 29.0. The molecule has 0 nitrogen and oxygen atoms in total. The third-order valence-electron chi connectivity index (χ3n) is 7.93.